The third-order valence-corrected chi connectivity index (χ3v) is 3.91. The molecule has 1 fully saturated rings. The zero-order chi connectivity index (χ0) is 14.4. The molecule has 21 heavy (non-hydrogen) atoms. The summed E-state index contributed by atoms with van der Waals surface area (Å²) in [6.07, 6.45) is 1.08. The van der Waals surface area contributed by atoms with Gasteiger partial charge in [-0.3, -0.25) is 9.59 Å². The second kappa shape index (κ2) is 4.56. The molecule has 2 aromatic rings. The highest BCUT2D eigenvalue weighted by Gasteiger charge is 2.43. The van der Waals surface area contributed by atoms with Crippen molar-refractivity contribution in [2.75, 3.05) is 6.61 Å². The summed E-state index contributed by atoms with van der Waals surface area (Å²) in [6, 6.07) is 9.68. The Hall–Kier alpha value is -2.40. The first-order valence-corrected chi connectivity index (χ1v) is 6.85. The van der Waals surface area contributed by atoms with E-state index in [2.05, 4.69) is 4.98 Å². The van der Waals surface area contributed by atoms with Crippen LogP contribution in [0.4, 0.5) is 0 Å². The van der Waals surface area contributed by atoms with Gasteiger partial charge in [-0.1, -0.05) is 30.3 Å². The van der Waals surface area contributed by atoms with E-state index in [1.807, 2.05) is 30.3 Å². The molecule has 0 spiro atoms. The van der Waals surface area contributed by atoms with Gasteiger partial charge in [0.2, 0.25) is 0 Å². The second-order valence-electron chi connectivity index (χ2n) is 5.27. The number of rotatable bonds is 1. The molecular weight excluding hydrogens is 270 g/mol. The Labute approximate surface area is 120 Å². The van der Waals surface area contributed by atoms with Gasteiger partial charge in [-0.05, 0) is 5.56 Å². The first kappa shape index (κ1) is 12.3. The third kappa shape index (κ3) is 1.89. The SMILES string of the molecule is O=C1CO[C@H]2c3c(c(-c4ccccc4)c[nH]c3=O)O[C@H]2C1. The summed E-state index contributed by atoms with van der Waals surface area (Å²) >= 11 is 0. The summed E-state index contributed by atoms with van der Waals surface area (Å²) in [5.41, 5.74) is 2.05. The molecule has 0 saturated carbocycles. The Morgan fingerprint density at radius 3 is 2.76 bits per heavy atom. The molecule has 2 aliphatic rings. The number of carbonyl (C=O) groups is 1. The maximum absolute atomic E-state index is 12.1. The smallest absolute Gasteiger partial charge is 0.257 e. The quantitative estimate of drug-likeness (QED) is 0.867. The minimum absolute atomic E-state index is 0.00162. The molecular formula is C16H13NO4. The number of ketones is 1. The standard InChI is InChI=1S/C16H13NO4/c18-10-6-12-15(20-8-10)13-14(21-12)11(7-17-16(13)19)9-4-2-1-3-5-9/h1-5,7,12,15H,6,8H2,(H,17,19)/t12-,15+/m0/s1. The van der Waals surface area contributed by atoms with E-state index in [0.29, 0.717) is 11.3 Å². The molecule has 5 heteroatoms. The summed E-state index contributed by atoms with van der Waals surface area (Å²) < 4.78 is 11.4. The second-order valence-corrected chi connectivity index (χ2v) is 5.27. The van der Waals surface area contributed by atoms with Crippen molar-refractivity contribution >= 4 is 5.78 Å². The lowest BCUT2D eigenvalue weighted by Gasteiger charge is -2.23. The number of H-pyrrole nitrogens is 1. The number of carbonyl (C=O) groups excluding carboxylic acids is 1. The fraction of sp³-hybridized carbons (Fsp3) is 0.250. The monoisotopic (exact) mass is 283 g/mol. The summed E-state index contributed by atoms with van der Waals surface area (Å²) in [4.78, 5) is 26.4. The number of hydrogen-bond acceptors (Lipinski definition) is 4. The molecule has 2 aliphatic heterocycles. The van der Waals surface area contributed by atoms with Crippen LogP contribution in [0.1, 0.15) is 18.1 Å². The van der Waals surface area contributed by atoms with Crippen LogP contribution in [0.3, 0.4) is 0 Å². The molecule has 1 N–H and O–H groups in total. The predicted molar refractivity (Wildman–Crippen MR) is 75.2 cm³/mol. The Morgan fingerprint density at radius 1 is 1.14 bits per heavy atom. The number of pyridine rings is 1. The first-order valence-electron chi connectivity index (χ1n) is 6.85. The van der Waals surface area contributed by atoms with Crippen molar-refractivity contribution in [3.05, 3.63) is 52.4 Å². The average Bonchev–Trinajstić information content (AvgIpc) is 2.87. The zero-order valence-corrected chi connectivity index (χ0v) is 11.2. The minimum Gasteiger partial charge on any atom is -0.486 e. The van der Waals surface area contributed by atoms with Gasteiger partial charge in [0.25, 0.3) is 5.56 Å². The van der Waals surface area contributed by atoms with Crippen molar-refractivity contribution in [1.82, 2.24) is 4.98 Å². The lowest BCUT2D eigenvalue weighted by atomic mass is 9.99. The Bertz CT molecular complexity index is 766. The van der Waals surface area contributed by atoms with Crippen LogP contribution in [0, 0.1) is 0 Å². The molecule has 106 valence electrons. The molecule has 1 aromatic heterocycles. The topological polar surface area (TPSA) is 68.4 Å². The Morgan fingerprint density at radius 2 is 1.95 bits per heavy atom. The highest BCUT2D eigenvalue weighted by molar-refractivity contribution is 5.82. The molecule has 3 heterocycles. The van der Waals surface area contributed by atoms with Gasteiger partial charge >= 0.3 is 0 Å². The van der Waals surface area contributed by atoms with E-state index < -0.39 is 12.2 Å². The minimum atomic E-state index is -0.454. The Kier molecular flexibility index (Phi) is 2.68. The molecule has 0 radical (unpaired) electrons. The van der Waals surface area contributed by atoms with Gasteiger partial charge in [0.1, 0.15) is 24.6 Å². The van der Waals surface area contributed by atoms with E-state index in [-0.39, 0.29) is 24.4 Å². The van der Waals surface area contributed by atoms with Crippen molar-refractivity contribution < 1.29 is 14.3 Å². The maximum Gasteiger partial charge on any atom is 0.257 e. The summed E-state index contributed by atoms with van der Waals surface area (Å²) in [5.74, 6) is 0.538. The lowest BCUT2D eigenvalue weighted by molar-refractivity contribution is -0.138. The molecule has 5 nitrogen and oxygen atoms in total. The van der Waals surface area contributed by atoms with Crippen LogP contribution in [0.15, 0.2) is 41.3 Å². The van der Waals surface area contributed by atoms with E-state index in [9.17, 15) is 9.59 Å². The third-order valence-electron chi connectivity index (χ3n) is 3.91. The number of aromatic nitrogens is 1. The van der Waals surface area contributed by atoms with E-state index in [0.717, 1.165) is 11.1 Å². The van der Waals surface area contributed by atoms with Crippen molar-refractivity contribution in [2.24, 2.45) is 0 Å². The number of ether oxygens (including phenoxy) is 2. The number of fused-ring (bicyclic) bond motifs is 3. The predicted octanol–water partition coefficient (Wildman–Crippen LogP) is 1.83. The lowest BCUT2D eigenvalue weighted by Crippen LogP contribution is -2.34. The largest absolute Gasteiger partial charge is 0.486 e. The van der Waals surface area contributed by atoms with Crippen LogP contribution >= 0.6 is 0 Å². The van der Waals surface area contributed by atoms with E-state index >= 15 is 0 Å². The van der Waals surface area contributed by atoms with Crippen LogP contribution in [0.5, 0.6) is 5.75 Å². The first-order chi connectivity index (χ1) is 10.2. The molecule has 0 aliphatic carbocycles. The molecule has 1 saturated heterocycles. The van der Waals surface area contributed by atoms with Gasteiger partial charge in [-0.2, -0.15) is 0 Å². The van der Waals surface area contributed by atoms with Gasteiger partial charge < -0.3 is 14.5 Å². The van der Waals surface area contributed by atoms with Crippen LogP contribution in [0.25, 0.3) is 11.1 Å². The van der Waals surface area contributed by atoms with Crippen molar-refractivity contribution in [2.45, 2.75) is 18.6 Å². The van der Waals surface area contributed by atoms with Crippen molar-refractivity contribution in [3.8, 4) is 16.9 Å². The number of hydrogen-bond donors (Lipinski definition) is 1. The summed E-state index contributed by atoms with van der Waals surface area (Å²) in [6.45, 7) is 0.0406. The van der Waals surface area contributed by atoms with Crippen LogP contribution < -0.4 is 10.3 Å². The number of nitrogens with one attached hydrogen (secondary N) is 1. The summed E-state index contributed by atoms with van der Waals surface area (Å²) in [7, 11) is 0. The zero-order valence-electron chi connectivity index (χ0n) is 11.2. The molecule has 2 atom stereocenters. The molecule has 4 rings (SSSR count). The van der Waals surface area contributed by atoms with Gasteiger partial charge in [-0.15, -0.1) is 0 Å². The maximum atomic E-state index is 12.1. The highest BCUT2D eigenvalue weighted by atomic mass is 16.6. The van der Waals surface area contributed by atoms with Gasteiger partial charge in [0, 0.05) is 18.2 Å². The fourth-order valence-corrected chi connectivity index (χ4v) is 2.95. The van der Waals surface area contributed by atoms with Crippen LogP contribution in [-0.2, 0) is 9.53 Å². The van der Waals surface area contributed by atoms with Crippen molar-refractivity contribution in [3.63, 3.8) is 0 Å². The number of aromatic amines is 1. The Balaban J connectivity index is 1.87. The van der Waals surface area contributed by atoms with E-state index in [1.165, 1.54) is 0 Å². The summed E-state index contributed by atoms with van der Waals surface area (Å²) in [5, 5.41) is 0. The van der Waals surface area contributed by atoms with E-state index in [4.69, 9.17) is 9.47 Å². The normalized spacial score (nSPS) is 23.3. The van der Waals surface area contributed by atoms with Crippen molar-refractivity contribution in [1.29, 1.82) is 0 Å². The van der Waals surface area contributed by atoms with Crippen LogP contribution in [-0.4, -0.2) is 23.5 Å². The van der Waals surface area contributed by atoms with Crippen LogP contribution in [0.2, 0.25) is 0 Å². The fourth-order valence-electron chi connectivity index (χ4n) is 2.95. The molecule has 0 bridgehead atoms. The molecule has 0 amide bonds. The average molecular weight is 283 g/mol. The highest BCUT2D eigenvalue weighted by Crippen LogP contribution is 2.44. The molecule has 0 unspecified atom stereocenters. The molecule has 1 aromatic carbocycles. The van der Waals surface area contributed by atoms with Gasteiger partial charge in [-0.25, -0.2) is 0 Å². The van der Waals surface area contributed by atoms with Gasteiger partial charge in [0.05, 0.1) is 5.56 Å². The number of Topliss-reactive ketones (excluding diaryl/α,β-unsaturated/α-hetero) is 1. The number of benzene rings is 1. The van der Waals surface area contributed by atoms with E-state index in [1.54, 1.807) is 6.20 Å². The van der Waals surface area contributed by atoms with Gasteiger partial charge in [0.15, 0.2) is 5.78 Å².